The first-order chi connectivity index (χ1) is 9.52. The molecule has 0 aliphatic rings. The molecule has 2 N–H and O–H groups in total. The Morgan fingerprint density at radius 3 is 2.45 bits per heavy atom. The summed E-state index contributed by atoms with van der Waals surface area (Å²) >= 11 is 1.43. The minimum atomic E-state index is -0.279. The summed E-state index contributed by atoms with van der Waals surface area (Å²) in [6.07, 6.45) is 1.13. The molecule has 2 amide bonds. The number of amides is 2. The van der Waals surface area contributed by atoms with Crippen molar-refractivity contribution in [3.05, 3.63) is 21.9 Å². The number of rotatable bonds is 8. The van der Waals surface area contributed by atoms with E-state index in [0.717, 1.165) is 11.3 Å². The fourth-order valence-electron chi connectivity index (χ4n) is 1.53. The zero-order chi connectivity index (χ0) is 15.0. The van der Waals surface area contributed by atoms with Crippen LogP contribution in [0, 0.1) is 6.92 Å². The molecule has 0 aliphatic heterocycles. The summed E-state index contributed by atoms with van der Waals surface area (Å²) in [5.41, 5.74) is 0. The molecule has 0 bridgehead atoms. The fourth-order valence-corrected chi connectivity index (χ4v) is 2.36. The number of carbonyl (C=O) groups excluding carboxylic acids is 3. The van der Waals surface area contributed by atoms with E-state index in [0.29, 0.717) is 11.4 Å². The van der Waals surface area contributed by atoms with E-state index in [1.54, 1.807) is 6.07 Å². The van der Waals surface area contributed by atoms with Gasteiger partial charge in [0.1, 0.15) is 0 Å². The largest absolute Gasteiger partial charge is 0.355 e. The Morgan fingerprint density at radius 2 is 1.85 bits per heavy atom. The Kier molecular flexibility index (Phi) is 6.93. The molecule has 110 valence electrons. The number of aryl methyl sites for hydroxylation is 1. The number of nitrogens with one attached hydrogen (secondary N) is 2. The molecule has 0 saturated heterocycles. The summed E-state index contributed by atoms with van der Waals surface area (Å²) in [5.74, 6) is -0.521. The second-order valence-corrected chi connectivity index (χ2v) is 5.75. The van der Waals surface area contributed by atoms with Crippen LogP contribution in [-0.4, -0.2) is 30.7 Å². The van der Waals surface area contributed by atoms with E-state index in [-0.39, 0.29) is 37.0 Å². The molecule has 0 atom stereocenters. The summed E-state index contributed by atoms with van der Waals surface area (Å²) in [4.78, 5) is 36.3. The van der Waals surface area contributed by atoms with E-state index in [4.69, 9.17) is 0 Å². The van der Waals surface area contributed by atoms with Gasteiger partial charge in [0.15, 0.2) is 5.78 Å². The van der Waals surface area contributed by atoms with Crippen molar-refractivity contribution in [3.8, 4) is 0 Å². The first-order valence-electron chi connectivity index (χ1n) is 6.66. The van der Waals surface area contributed by atoms with Gasteiger partial charge >= 0.3 is 0 Å². The average Bonchev–Trinajstić information content (AvgIpc) is 2.86. The van der Waals surface area contributed by atoms with Crippen LogP contribution in [0.25, 0.3) is 0 Å². The van der Waals surface area contributed by atoms with Crippen LogP contribution in [0.5, 0.6) is 0 Å². The van der Waals surface area contributed by atoms with Crippen molar-refractivity contribution >= 4 is 28.9 Å². The third-order valence-electron chi connectivity index (χ3n) is 2.61. The lowest BCUT2D eigenvalue weighted by Gasteiger charge is -2.05. The Hall–Kier alpha value is -1.69. The number of carbonyl (C=O) groups is 3. The predicted octanol–water partition coefficient (Wildman–Crippen LogP) is 1.66. The zero-order valence-electron chi connectivity index (χ0n) is 11.8. The van der Waals surface area contributed by atoms with Crippen LogP contribution in [0.3, 0.4) is 0 Å². The molecule has 20 heavy (non-hydrogen) atoms. The van der Waals surface area contributed by atoms with Gasteiger partial charge < -0.3 is 10.6 Å². The van der Waals surface area contributed by atoms with Crippen LogP contribution in [0.4, 0.5) is 0 Å². The summed E-state index contributed by atoms with van der Waals surface area (Å²) < 4.78 is 0. The quantitative estimate of drug-likeness (QED) is 0.716. The molecule has 1 aromatic rings. The highest BCUT2D eigenvalue weighted by atomic mass is 32.1. The van der Waals surface area contributed by atoms with Gasteiger partial charge in [-0.3, -0.25) is 14.4 Å². The third-order valence-corrected chi connectivity index (χ3v) is 3.65. The first kappa shape index (κ1) is 16.4. The molecule has 0 unspecified atom stereocenters. The minimum Gasteiger partial charge on any atom is -0.355 e. The average molecular weight is 296 g/mol. The van der Waals surface area contributed by atoms with Crippen molar-refractivity contribution in [3.63, 3.8) is 0 Å². The van der Waals surface area contributed by atoms with E-state index >= 15 is 0 Å². The Labute approximate surface area is 122 Å². The lowest BCUT2D eigenvalue weighted by Crippen LogP contribution is -2.37. The van der Waals surface area contributed by atoms with Crippen LogP contribution >= 0.6 is 11.3 Å². The lowest BCUT2D eigenvalue weighted by molar-refractivity contribution is -0.126. The van der Waals surface area contributed by atoms with Crippen molar-refractivity contribution in [1.82, 2.24) is 10.6 Å². The van der Waals surface area contributed by atoms with Gasteiger partial charge in [0, 0.05) is 24.3 Å². The highest BCUT2D eigenvalue weighted by molar-refractivity contribution is 7.14. The van der Waals surface area contributed by atoms with Gasteiger partial charge in [-0.1, -0.05) is 6.92 Å². The molecule has 1 rings (SSSR count). The van der Waals surface area contributed by atoms with Crippen molar-refractivity contribution in [2.24, 2.45) is 0 Å². The van der Waals surface area contributed by atoms with Gasteiger partial charge in [-0.15, -0.1) is 11.3 Å². The Balaban J connectivity index is 2.23. The maximum Gasteiger partial charge on any atom is 0.239 e. The highest BCUT2D eigenvalue weighted by Gasteiger charge is 2.11. The second kappa shape index (κ2) is 8.47. The van der Waals surface area contributed by atoms with Crippen LogP contribution in [0.15, 0.2) is 12.1 Å². The molecule has 0 spiro atoms. The van der Waals surface area contributed by atoms with Gasteiger partial charge in [0.25, 0.3) is 0 Å². The third kappa shape index (κ3) is 5.97. The van der Waals surface area contributed by atoms with E-state index in [1.807, 2.05) is 19.9 Å². The molecular formula is C14H20N2O3S. The molecule has 1 heterocycles. The fraction of sp³-hybridized carbons (Fsp3) is 0.500. The predicted molar refractivity (Wildman–Crippen MR) is 78.9 cm³/mol. The minimum absolute atomic E-state index is 0.0336. The zero-order valence-corrected chi connectivity index (χ0v) is 12.6. The summed E-state index contributed by atoms with van der Waals surface area (Å²) in [5, 5.41) is 5.17. The molecule has 0 saturated carbocycles. The lowest BCUT2D eigenvalue weighted by atomic mass is 10.2. The maximum atomic E-state index is 11.8. The van der Waals surface area contributed by atoms with Crippen LogP contribution in [0.1, 0.15) is 40.7 Å². The van der Waals surface area contributed by atoms with Gasteiger partial charge in [0.2, 0.25) is 11.8 Å². The SMILES string of the molecule is CCCNC(=O)CNC(=O)CCC(=O)c1ccc(C)s1. The molecule has 5 nitrogen and oxygen atoms in total. The van der Waals surface area contributed by atoms with Gasteiger partial charge in [0.05, 0.1) is 11.4 Å². The summed E-state index contributed by atoms with van der Waals surface area (Å²) in [6, 6.07) is 3.66. The van der Waals surface area contributed by atoms with Crippen LogP contribution in [0.2, 0.25) is 0 Å². The molecule has 6 heteroatoms. The van der Waals surface area contributed by atoms with Gasteiger partial charge in [-0.2, -0.15) is 0 Å². The van der Waals surface area contributed by atoms with Crippen molar-refractivity contribution in [2.75, 3.05) is 13.1 Å². The topological polar surface area (TPSA) is 75.3 Å². The van der Waals surface area contributed by atoms with E-state index in [9.17, 15) is 14.4 Å². The number of hydrogen-bond acceptors (Lipinski definition) is 4. The molecule has 1 aromatic heterocycles. The molecule has 0 aliphatic carbocycles. The number of Topliss-reactive ketones (excluding diaryl/α,β-unsaturated/α-hetero) is 1. The molecule has 0 fully saturated rings. The van der Waals surface area contributed by atoms with E-state index in [2.05, 4.69) is 10.6 Å². The van der Waals surface area contributed by atoms with E-state index in [1.165, 1.54) is 11.3 Å². The molecular weight excluding hydrogens is 276 g/mol. The Morgan fingerprint density at radius 1 is 1.10 bits per heavy atom. The monoisotopic (exact) mass is 296 g/mol. The van der Waals surface area contributed by atoms with Crippen molar-refractivity contribution < 1.29 is 14.4 Å². The van der Waals surface area contributed by atoms with Gasteiger partial charge in [-0.25, -0.2) is 0 Å². The van der Waals surface area contributed by atoms with Gasteiger partial charge in [-0.05, 0) is 25.5 Å². The van der Waals surface area contributed by atoms with Crippen molar-refractivity contribution in [2.45, 2.75) is 33.1 Å². The van der Waals surface area contributed by atoms with Crippen molar-refractivity contribution in [1.29, 1.82) is 0 Å². The van der Waals surface area contributed by atoms with Crippen LogP contribution < -0.4 is 10.6 Å². The second-order valence-electron chi connectivity index (χ2n) is 4.46. The smallest absolute Gasteiger partial charge is 0.239 e. The highest BCUT2D eigenvalue weighted by Crippen LogP contribution is 2.17. The summed E-state index contributed by atoms with van der Waals surface area (Å²) in [7, 11) is 0. The number of ketones is 1. The molecule has 0 aromatic carbocycles. The Bertz CT molecular complexity index is 483. The molecule has 0 radical (unpaired) electrons. The maximum absolute atomic E-state index is 11.8. The summed E-state index contributed by atoms with van der Waals surface area (Å²) in [6.45, 7) is 4.45. The number of thiophene rings is 1. The number of hydrogen-bond donors (Lipinski definition) is 2. The van der Waals surface area contributed by atoms with E-state index < -0.39 is 0 Å². The normalized spacial score (nSPS) is 10.1. The first-order valence-corrected chi connectivity index (χ1v) is 7.47. The van der Waals surface area contributed by atoms with Crippen LogP contribution in [-0.2, 0) is 9.59 Å². The standard InChI is InChI=1S/C14H20N2O3S/c1-3-8-15-14(19)9-16-13(18)7-5-11(17)12-6-4-10(2)20-12/h4,6H,3,5,7-9H2,1-2H3,(H,15,19)(H,16,18).